The maximum atomic E-state index is 10.8. The van der Waals surface area contributed by atoms with Crippen molar-refractivity contribution in [3.05, 3.63) is 55.1 Å². The molecule has 1 N–H and O–H groups in total. The zero-order valence-corrected chi connectivity index (χ0v) is 14.0. The Labute approximate surface area is 128 Å². The van der Waals surface area contributed by atoms with Crippen LogP contribution in [0, 0.1) is 0 Å². The fraction of sp³-hybridized carbons (Fsp3) is 0.286. The quantitative estimate of drug-likeness (QED) is 0.769. The smallest absolute Gasteiger partial charge is 0.0942 e. The molecule has 0 amide bonds. The van der Waals surface area contributed by atoms with Gasteiger partial charge in [0.05, 0.1) is 5.60 Å². The summed E-state index contributed by atoms with van der Waals surface area (Å²) in [6.45, 7) is 2.02. The number of benzene rings is 1. The van der Waals surface area contributed by atoms with Crippen molar-refractivity contribution in [2.75, 3.05) is 0 Å². The molecule has 0 saturated heterocycles. The van der Waals surface area contributed by atoms with Crippen LogP contribution in [0.4, 0.5) is 0 Å². The minimum Gasteiger partial charge on any atom is -0.385 e. The van der Waals surface area contributed by atoms with E-state index in [4.69, 9.17) is 0 Å². The molecule has 18 heavy (non-hydrogen) atoms. The van der Waals surface area contributed by atoms with Gasteiger partial charge < -0.3 is 5.11 Å². The van der Waals surface area contributed by atoms with Crippen molar-refractivity contribution in [1.29, 1.82) is 0 Å². The van der Waals surface area contributed by atoms with E-state index in [1.165, 1.54) is 4.88 Å². The average Bonchev–Trinajstić information content (AvgIpc) is 2.74. The van der Waals surface area contributed by atoms with Gasteiger partial charge in [-0.15, -0.1) is 11.3 Å². The zero-order valence-electron chi connectivity index (χ0n) is 9.99. The van der Waals surface area contributed by atoms with Crippen molar-refractivity contribution in [2.24, 2.45) is 0 Å². The first-order chi connectivity index (χ1) is 8.53. The van der Waals surface area contributed by atoms with Crippen LogP contribution in [0.15, 0.2) is 44.7 Å². The van der Waals surface area contributed by atoms with Crippen molar-refractivity contribution in [3.8, 4) is 0 Å². The summed E-state index contributed by atoms with van der Waals surface area (Å²) in [5, 5.41) is 12.9. The van der Waals surface area contributed by atoms with E-state index in [-0.39, 0.29) is 0 Å². The second-order valence-corrected chi connectivity index (χ2v) is 7.13. The van der Waals surface area contributed by atoms with Gasteiger partial charge in [0.2, 0.25) is 0 Å². The molecule has 4 heteroatoms. The van der Waals surface area contributed by atoms with Gasteiger partial charge in [-0.05, 0) is 46.1 Å². The zero-order chi connectivity index (χ0) is 13.2. The highest BCUT2D eigenvalue weighted by Crippen LogP contribution is 2.33. The largest absolute Gasteiger partial charge is 0.385 e. The molecule has 1 unspecified atom stereocenters. The van der Waals surface area contributed by atoms with E-state index in [2.05, 4.69) is 37.9 Å². The highest BCUT2D eigenvalue weighted by atomic mass is 79.9. The van der Waals surface area contributed by atoms with Gasteiger partial charge in [0, 0.05) is 25.6 Å². The molecule has 1 aromatic heterocycles. The Morgan fingerprint density at radius 2 is 2.00 bits per heavy atom. The maximum absolute atomic E-state index is 10.8. The summed E-state index contributed by atoms with van der Waals surface area (Å²) in [6.07, 6.45) is 1.34. The van der Waals surface area contributed by atoms with Gasteiger partial charge in [-0.2, -0.15) is 0 Å². The van der Waals surface area contributed by atoms with E-state index in [1.54, 1.807) is 11.3 Å². The highest BCUT2D eigenvalue weighted by molar-refractivity contribution is 9.10. The molecule has 1 aromatic carbocycles. The molecule has 2 rings (SSSR count). The van der Waals surface area contributed by atoms with Crippen LogP contribution >= 0.6 is 43.2 Å². The molecule has 1 heterocycles. The Balaban J connectivity index is 2.30. The first kappa shape index (κ1) is 14.3. The lowest BCUT2D eigenvalue weighted by atomic mass is 9.87. The van der Waals surface area contributed by atoms with Gasteiger partial charge in [-0.3, -0.25) is 0 Å². The Hall–Kier alpha value is -0.160. The molecule has 0 fully saturated rings. The van der Waals surface area contributed by atoms with E-state index in [0.29, 0.717) is 12.8 Å². The Bertz CT molecular complexity index is 538. The normalized spacial score (nSPS) is 14.4. The SMILES string of the molecule is CCC(O)(Cc1cc(Br)cs1)c1cccc(Br)c1. The highest BCUT2D eigenvalue weighted by Gasteiger charge is 2.28. The third-order valence-corrected chi connectivity index (χ3v) is 5.23. The molecule has 96 valence electrons. The van der Waals surface area contributed by atoms with Crippen LogP contribution in [0.25, 0.3) is 0 Å². The molecule has 2 aromatic rings. The van der Waals surface area contributed by atoms with Crippen LogP contribution in [-0.2, 0) is 12.0 Å². The molecular formula is C14H14Br2OS. The fourth-order valence-corrected chi connectivity index (χ4v) is 3.90. The number of thiophene rings is 1. The lowest BCUT2D eigenvalue weighted by Gasteiger charge is -2.27. The van der Waals surface area contributed by atoms with Crippen LogP contribution in [0.2, 0.25) is 0 Å². The summed E-state index contributed by atoms with van der Waals surface area (Å²) < 4.78 is 2.08. The molecule has 0 aliphatic carbocycles. The predicted molar refractivity (Wildman–Crippen MR) is 84.1 cm³/mol. The molecule has 1 nitrogen and oxygen atoms in total. The topological polar surface area (TPSA) is 20.2 Å². The van der Waals surface area contributed by atoms with E-state index >= 15 is 0 Å². The molecule has 0 spiro atoms. The van der Waals surface area contributed by atoms with E-state index in [1.807, 2.05) is 36.6 Å². The minimum atomic E-state index is -0.798. The number of hydrogen-bond acceptors (Lipinski definition) is 2. The summed E-state index contributed by atoms with van der Waals surface area (Å²) in [6, 6.07) is 9.98. The molecular weight excluding hydrogens is 376 g/mol. The Kier molecular flexibility index (Phi) is 4.64. The molecule has 0 radical (unpaired) electrons. The Morgan fingerprint density at radius 1 is 1.22 bits per heavy atom. The van der Waals surface area contributed by atoms with Crippen LogP contribution in [0.5, 0.6) is 0 Å². The number of halogens is 2. The standard InChI is InChI=1S/C14H14Br2OS/c1-2-14(17,8-13-7-12(16)9-18-13)10-4-3-5-11(15)6-10/h3-7,9,17H,2,8H2,1H3. The van der Waals surface area contributed by atoms with Crippen molar-refractivity contribution in [2.45, 2.75) is 25.4 Å². The van der Waals surface area contributed by atoms with Gasteiger partial charge >= 0.3 is 0 Å². The average molecular weight is 390 g/mol. The van der Waals surface area contributed by atoms with E-state index < -0.39 is 5.60 Å². The lowest BCUT2D eigenvalue weighted by molar-refractivity contribution is 0.0335. The third-order valence-electron chi connectivity index (χ3n) is 3.04. The fourth-order valence-electron chi connectivity index (χ4n) is 1.94. The van der Waals surface area contributed by atoms with Crippen LogP contribution in [0.1, 0.15) is 23.8 Å². The summed E-state index contributed by atoms with van der Waals surface area (Å²) in [4.78, 5) is 1.19. The van der Waals surface area contributed by atoms with Crippen LogP contribution in [-0.4, -0.2) is 5.11 Å². The summed E-state index contributed by atoms with van der Waals surface area (Å²) >= 11 is 8.58. The van der Waals surface area contributed by atoms with Crippen molar-refractivity contribution in [1.82, 2.24) is 0 Å². The van der Waals surface area contributed by atoms with Crippen molar-refractivity contribution >= 4 is 43.2 Å². The van der Waals surface area contributed by atoms with Gasteiger partial charge in [0.25, 0.3) is 0 Å². The number of hydrogen-bond donors (Lipinski definition) is 1. The van der Waals surface area contributed by atoms with Gasteiger partial charge in [-0.1, -0.05) is 35.0 Å². The second-order valence-electron chi connectivity index (χ2n) is 4.30. The predicted octanol–water partition coefficient (Wildman–Crippen LogP) is 5.11. The van der Waals surface area contributed by atoms with E-state index in [0.717, 1.165) is 14.5 Å². The molecule has 0 aliphatic heterocycles. The first-order valence-corrected chi connectivity index (χ1v) is 8.21. The Morgan fingerprint density at radius 3 is 2.56 bits per heavy atom. The number of aliphatic hydroxyl groups is 1. The molecule has 0 saturated carbocycles. The molecule has 0 aliphatic rings. The van der Waals surface area contributed by atoms with Crippen LogP contribution < -0.4 is 0 Å². The lowest BCUT2D eigenvalue weighted by Crippen LogP contribution is -2.27. The van der Waals surface area contributed by atoms with Crippen molar-refractivity contribution in [3.63, 3.8) is 0 Å². The number of rotatable bonds is 4. The van der Waals surface area contributed by atoms with Crippen molar-refractivity contribution < 1.29 is 5.11 Å². The first-order valence-electron chi connectivity index (χ1n) is 5.75. The summed E-state index contributed by atoms with van der Waals surface area (Å²) in [5.41, 5.74) is 0.164. The molecule has 0 bridgehead atoms. The summed E-state index contributed by atoms with van der Waals surface area (Å²) in [7, 11) is 0. The van der Waals surface area contributed by atoms with Gasteiger partial charge in [0.15, 0.2) is 0 Å². The van der Waals surface area contributed by atoms with Gasteiger partial charge in [-0.25, -0.2) is 0 Å². The minimum absolute atomic E-state index is 0.649. The third kappa shape index (κ3) is 3.23. The monoisotopic (exact) mass is 388 g/mol. The van der Waals surface area contributed by atoms with Gasteiger partial charge in [0.1, 0.15) is 0 Å². The van der Waals surface area contributed by atoms with E-state index in [9.17, 15) is 5.11 Å². The summed E-state index contributed by atoms with van der Waals surface area (Å²) in [5.74, 6) is 0. The van der Waals surface area contributed by atoms with Crippen LogP contribution in [0.3, 0.4) is 0 Å². The maximum Gasteiger partial charge on any atom is 0.0942 e. The second kappa shape index (κ2) is 5.87. The molecule has 1 atom stereocenters.